The third kappa shape index (κ3) is 2.01. The van der Waals surface area contributed by atoms with Gasteiger partial charge in [-0.3, -0.25) is 0 Å². The summed E-state index contributed by atoms with van der Waals surface area (Å²) < 4.78 is 10.6. The predicted octanol–water partition coefficient (Wildman–Crippen LogP) is 2.35. The van der Waals surface area contributed by atoms with E-state index in [9.17, 15) is 0 Å². The maximum Gasteiger partial charge on any atom is 0.168 e. The van der Waals surface area contributed by atoms with Crippen molar-refractivity contribution < 1.29 is 9.47 Å². The summed E-state index contributed by atoms with van der Waals surface area (Å²) in [6.45, 7) is 0. The number of benzene rings is 1. The summed E-state index contributed by atoms with van der Waals surface area (Å²) in [6.07, 6.45) is 1.66. The Kier molecular flexibility index (Phi) is 3.14. The molecule has 2 aromatic rings. The van der Waals surface area contributed by atoms with Crippen LogP contribution in [0.3, 0.4) is 0 Å². The molecule has 4 nitrogen and oxygen atoms in total. The quantitative estimate of drug-likeness (QED) is 0.879. The molecule has 1 aromatic carbocycles. The highest BCUT2D eigenvalue weighted by molar-refractivity contribution is 5.80. The van der Waals surface area contributed by atoms with Crippen LogP contribution in [0.4, 0.5) is 5.82 Å². The van der Waals surface area contributed by atoms with Crippen LogP contribution in [0.15, 0.2) is 36.5 Å². The van der Waals surface area contributed by atoms with Crippen LogP contribution in [0.25, 0.3) is 11.1 Å². The van der Waals surface area contributed by atoms with Crippen LogP contribution in [0.5, 0.6) is 11.5 Å². The van der Waals surface area contributed by atoms with Gasteiger partial charge < -0.3 is 15.2 Å². The molecule has 0 aliphatic carbocycles. The summed E-state index contributed by atoms with van der Waals surface area (Å²) in [5, 5.41) is 0. The minimum Gasteiger partial charge on any atom is -0.493 e. The summed E-state index contributed by atoms with van der Waals surface area (Å²) in [4.78, 5) is 4.07. The first kappa shape index (κ1) is 11.3. The van der Waals surface area contributed by atoms with E-state index in [1.54, 1.807) is 20.4 Å². The highest BCUT2D eigenvalue weighted by atomic mass is 16.5. The van der Waals surface area contributed by atoms with E-state index in [4.69, 9.17) is 15.2 Å². The lowest BCUT2D eigenvalue weighted by Crippen LogP contribution is -1.97. The monoisotopic (exact) mass is 230 g/mol. The number of anilines is 1. The maximum absolute atomic E-state index is 5.86. The SMILES string of the molecule is COc1cccc(-c2cccnc2N)c1OC. The van der Waals surface area contributed by atoms with E-state index >= 15 is 0 Å². The molecule has 17 heavy (non-hydrogen) atoms. The molecule has 2 rings (SSSR count). The maximum atomic E-state index is 5.86. The Morgan fingerprint density at radius 3 is 2.41 bits per heavy atom. The van der Waals surface area contributed by atoms with Crippen molar-refractivity contribution in [1.29, 1.82) is 0 Å². The van der Waals surface area contributed by atoms with E-state index in [1.807, 2.05) is 30.3 Å². The number of hydrogen-bond acceptors (Lipinski definition) is 4. The van der Waals surface area contributed by atoms with E-state index in [0.717, 1.165) is 11.1 Å². The number of para-hydroxylation sites is 1. The molecule has 0 saturated carbocycles. The van der Waals surface area contributed by atoms with Crippen LogP contribution < -0.4 is 15.2 Å². The fraction of sp³-hybridized carbons (Fsp3) is 0.154. The lowest BCUT2D eigenvalue weighted by Gasteiger charge is -2.13. The molecule has 0 fully saturated rings. The van der Waals surface area contributed by atoms with Gasteiger partial charge in [-0.1, -0.05) is 12.1 Å². The van der Waals surface area contributed by atoms with Gasteiger partial charge in [0.1, 0.15) is 5.82 Å². The van der Waals surface area contributed by atoms with Gasteiger partial charge in [0.15, 0.2) is 11.5 Å². The van der Waals surface area contributed by atoms with Gasteiger partial charge in [-0.05, 0) is 18.2 Å². The first-order valence-electron chi connectivity index (χ1n) is 5.19. The zero-order valence-corrected chi connectivity index (χ0v) is 9.81. The number of rotatable bonds is 3. The van der Waals surface area contributed by atoms with Crippen LogP contribution in [0.2, 0.25) is 0 Å². The predicted molar refractivity (Wildman–Crippen MR) is 67.2 cm³/mol. The average molecular weight is 230 g/mol. The van der Waals surface area contributed by atoms with Crippen molar-refractivity contribution in [3.05, 3.63) is 36.5 Å². The van der Waals surface area contributed by atoms with E-state index in [0.29, 0.717) is 17.3 Å². The molecule has 4 heteroatoms. The van der Waals surface area contributed by atoms with Gasteiger partial charge in [0.25, 0.3) is 0 Å². The van der Waals surface area contributed by atoms with Crippen molar-refractivity contribution in [2.24, 2.45) is 0 Å². The second kappa shape index (κ2) is 4.74. The number of hydrogen-bond donors (Lipinski definition) is 1. The second-order valence-electron chi connectivity index (χ2n) is 3.48. The van der Waals surface area contributed by atoms with Crippen LogP contribution in [-0.4, -0.2) is 19.2 Å². The largest absolute Gasteiger partial charge is 0.493 e. The summed E-state index contributed by atoms with van der Waals surface area (Å²) in [6, 6.07) is 9.40. The first-order chi connectivity index (χ1) is 8.27. The fourth-order valence-corrected chi connectivity index (χ4v) is 1.74. The Morgan fingerprint density at radius 2 is 1.76 bits per heavy atom. The molecule has 0 amide bonds. The molecular formula is C13H14N2O2. The second-order valence-corrected chi connectivity index (χ2v) is 3.48. The van der Waals surface area contributed by atoms with Crippen LogP contribution >= 0.6 is 0 Å². The Bertz CT molecular complexity index is 527. The molecule has 0 spiro atoms. The molecule has 0 saturated heterocycles. The van der Waals surface area contributed by atoms with E-state index < -0.39 is 0 Å². The molecule has 1 aromatic heterocycles. The minimum absolute atomic E-state index is 0.471. The molecule has 2 N–H and O–H groups in total. The van der Waals surface area contributed by atoms with Gasteiger partial charge in [0.2, 0.25) is 0 Å². The molecule has 1 heterocycles. The third-order valence-electron chi connectivity index (χ3n) is 2.53. The van der Waals surface area contributed by atoms with Crippen molar-refractivity contribution in [2.45, 2.75) is 0 Å². The number of aromatic nitrogens is 1. The van der Waals surface area contributed by atoms with Crippen molar-refractivity contribution in [3.8, 4) is 22.6 Å². The molecule has 0 unspecified atom stereocenters. The van der Waals surface area contributed by atoms with Crippen molar-refractivity contribution in [3.63, 3.8) is 0 Å². The molecular weight excluding hydrogens is 216 g/mol. The van der Waals surface area contributed by atoms with Gasteiger partial charge >= 0.3 is 0 Å². The molecule has 0 aliphatic heterocycles. The Hall–Kier alpha value is -2.23. The fourth-order valence-electron chi connectivity index (χ4n) is 1.74. The number of nitrogens with two attached hydrogens (primary N) is 1. The smallest absolute Gasteiger partial charge is 0.168 e. The lowest BCUT2D eigenvalue weighted by atomic mass is 10.1. The summed E-state index contributed by atoms with van der Waals surface area (Å²) >= 11 is 0. The average Bonchev–Trinajstić information content (AvgIpc) is 2.38. The molecule has 0 bridgehead atoms. The van der Waals surface area contributed by atoms with Crippen LogP contribution in [0.1, 0.15) is 0 Å². The number of pyridine rings is 1. The van der Waals surface area contributed by atoms with Crippen molar-refractivity contribution in [1.82, 2.24) is 4.98 Å². The Labute approximate surface area is 100 Å². The lowest BCUT2D eigenvalue weighted by molar-refractivity contribution is 0.356. The van der Waals surface area contributed by atoms with Gasteiger partial charge in [-0.2, -0.15) is 0 Å². The van der Waals surface area contributed by atoms with E-state index in [2.05, 4.69) is 4.98 Å². The molecule has 0 radical (unpaired) electrons. The molecule has 0 atom stereocenters. The standard InChI is InChI=1S/C13H14N2O2/c1-16-11-7-3-5-9(12(11)17-2)10-6-4-8-15-13(10)14/h3-8H,1-2H3,(H2,14,15). The van der Waals surface area contributed by atoms with Crippen LogP contribution in [0, 0.1) is 0 Å². The number of nitrogen functional groups attached to an aromatic ring is 1. The highest BCUT2D eigenvalue weighted by Gasteiger charge is 2.13. The summed E-state index contributed by atoms with van der Waals surface area (Å²) in [7, 11) is 3.21. The highest BCUT2D eigenvalue weighted by Crippen LogP contribution is 2.39. The first-order valence-corrected chi connectivity index (χ1v) is 5.19. The third-order valence-corrected chi connectivity index (χ3v) is 2.53. The number of nitrogens with zero attached hydrogens (tertiary/aromatic N) is 1. The van der Waals surface area contributed by atoms with Gasteiger partial charge in [0, 0.05) is 17.3 Å². The van der Waals surface area contributed by atoms with Crippen molar-refractivity contribution >= 4 is 5.82 Å². The minimum atomic E-state index is 0.471. The van der Waals surface area contributed by atoms with Gasteiger partial charge in [-0.15, -0.1) is 0 Å². The van der Waals surface area contributed by atoms with Crippen molar-refractivity contribution in [2.75, 3.05) is 20.0 Å². The van der Waals surface area contributed by atoms with Gasteiger partial charge in [-0.25, -0.2) is 4.98 Å². The molecule has 0 aliphatic rings. The Morgan fingerprint density at radius 1 is 1.00 bits per heavy atom. The normalized spacial score (nSPS) is 10.0. The zero-order valence-electron chi connectivity index (χ0n) is 9.81. The van der Waals surface area contributed by atoms with Crippen LogP contribution in [-0.2, 0) is 0 Å². The summed E-state index contributed by atoms with van der Waals surface area (Å²) in [5.74, 6) is 1.81. The number of methoxy groups -OCH3 is 2. The topological polar surface area (TPSA) is 57.4 Å². The summed E-state index contributed by atoms with van der Waals surface area (Å²) in [5.41, 5.74) is 7.57. The Balaban J connectivity index is 2.63. The van der Waals surface area contributed by atoms with E-state index in [1.165, 1.54) is 0 Å². The molecule has 88 valence electrons. The van der Waals surface area contributed by atoms with E-state index in [-0.39, 0.29) is 0 Å². The number of ether oxygens (including phenoxy) is 2. The van der Waals surface area contributed by atoms with Gasteiger partial charge in [0.05, 0.1) is 14.2 Å². The zero-order chi connectivity index (χ0) is 12.3.